The second-order valence-corrected chi connectivity index (χ2v) is 5.90. The van der Waals surface area contributed by atoms with E-state index in [4.69, 9.17) is 16.3 Å². The van der Waals surface area contributed by atoms with E-state index < -0.39 is 6.10 Å². The zero-order valence-corrected chi connectivity index (χ0v) is 12.3. The number of aromatic nitrogens is 2. The molecule has 1 aliphatic heterocycles. The summed E-state index contributed by atoms with van der Waals surface area (Å²) in [6.45, 7) is 1.99. The first-order valence-corrected chi connectivity index (χ1v) is 7.43. The van der Waals surface area contributed by atoms with Crippen LogP contribution in [0.4, 0.5) is 5.13 Å². The van der Waals surface area contributed by atoms with Crippen LogP contribution in [0, 0.1) is 0 Å². The van der Waals surface area contributed by atoms with Crippen LogP contribution in [0.15, 0.2) is 18.2 Å². The molecule has 1 aliphatic rings. The maximum absolute atomic E-state index is 12.1. The number of rotatable bonds is 3. The number of amides is 1. The summed E-state index contributed by atoms with van der Waals surface area (Å²) in [5, 5.41) is 12.7. The first-order chi connectivity index (χ1) is 9.65. The van der Waals surface area contributed by atoms with Crippen LogP contribution in [0.3, 0.4) is 0 Å². The van der Waals surface area contributed by atoms with Crippen molar-refractivity contribution >= 4 is 34.0 Å². The van der Waals surface area contributed by atoms with Crippen LogP contribution in [0.1, 0.15) is 17.5 Å². The third kappa shape index (κ3) is 2.62. The lowest BCUT2D eigenvalue weighted by Crippen LogP contribution is -2.31. The first kappa shape index (κ1) is 13.3. The smallest absolute Gasteiger partial charge is 0.267 e. The number of nitrogens with one attached hydrogen (secondary N) is 1. The van der Waals surface area contributed by atoms with Crippen LogP contribution in [0.5, 0.6) is 5.75 Å². The van der Waals surface area contributed by atoms with Gasteiger partial charge in [0.15, 0.2) is 6.10 Å². The predicted octanol–water partition coefficient (Wildman–Crippen LogP) is 2.70. The molecule has 0 bridgehead atoms. The lowest BCUT2D eigenvalue weighted by atomic mass is 10.1. The fourth-order valence-electron chi connectivity index (χ4n) is 2.00. The number of hydrogen-bond acceptors (Lipinski definition) is 5. The molecule has 0 saturated heterocycles. The number of anilines is 1. The fraction of sp³-hybridized carbons (Fsp3) is 0.308. The van der Waals surface area contributed by atoms with Crippen LogP contribution < -0.4 is 10.1 Å². The summed E-state index contributed by atoms with van der Waals surface area (Å²) in [5.74, 6) is 0.497. The van der Waals surface area contributed by atoms with Gasteiger partial charge in [0, 0.05) is 11.4 Å². The Bertz CT molecular complexity index is 659. The van der Waals surface area contributed by atoms with E-state index in [1.165, 1.54) is 11.3 Å². The van der Waals surface area contributed by atoms with E-state index in [9.17, 15) is 4.79 Å². The van der Waals surface area contributed by atoms with Gasteiger partial charge in [0.1, 0.15) is 10.8 Å². The van der Waals surface area contributed by atoms with Gasteiger partial charge in [-0.3, -0.25) is 10.1 Å². The van der Waals surface area contributed by atoms with E-state index in [0.29, 0.717) is 22.3 Å². The van der Waals surface area contributed by atoms with Gasteiger partial charge in [-0.25, -0.2) is 0 Å². The molecule has 1 aromatic heterocycles. The minimum absolute atomic E-state index is 0.212. The lowest BCUT2D eigenvalue weighted by Gasteiger charge is -2.08. The van der Waals surface area contributed by atoms with E-state index in [2.05, 4.69) is 15.5 Å². The van der Waals surface area contributed by atoms with Crippen LogP contribution >= 0.6 is 22.9 Å². The summed E-state index contributed by atoms with van der Waals surface area (Å²) in [7, 11) is 0. The number of fused-ring (bicyclic) bond motifs is 1. The van der Waals surface area contributed by atoms with Gasteiger partial charge < -0.3 is 4.74 Å². The molecule has 2 aromatic rings. The van der Waals surface area contributed by atoms with E-state index in [1.54, 1.807) is 12.1 Å². The highest BCUT2D eigenvalue weighted by Gasteiger charge is 2.29. The molecule has 0 saturated carbocycles. The molecule has 7 heteroatoms. The number of carbonyl (C=O) groups excluding carboxylic acids is 1. The van der Waals surface area contributed by atoms with Gasteiger partial charge in [0.05, 0.1) is 0 Å². The summed E-state index contributed by atoms with van der Waals surface area (Å²) >= 11 is 7.30. The van der Waals surface area contributed by atoms with Crippen molar-refractivity contribution in [1.82, 2.24) is 10.2 Å². The second-order valence-electron chi connectivity index (χ2n) is 4.41. The van der Waals surface area contributed by atoms with Crippen LogP contribution in [-0.4, -0.2) is 22.2 Å². The van der Waals surface area contributed by atoms with Crippen molar-refractivity contribution < 1.29 is 9.53 Å². The van der Waals surface area contributed by atoms with Crippen molar-refractivity contribution in [2.75, 3.05) is 5.32 Å². The highest BCUT2D eigenvalue weighted by molar-refractivity contribution is 7.15. The third-order valence-corrected chi connectivity index (χ3v) is 4.21. The molecule has 1 amide bonds. The van der Waals surface area contributed by atoms with Crippen molar-refractivity contribution in [2.45, 2.75) is 25.9 Å². The minimum Gasteiger partial charge on any atom is -0.480 e. The highest BCUT2D eigenvalue weighted by atomic mass is 35.5. The Morgan fingerprint density at radius 2 is 2.40 bits per heavy atom. The summed E-state index contributed by atoms with van der Waals surface area (Å²) in [6.07, 6.45) is 0.774. The topological polar surface area (TPSA) is 64.1 Å². The molecule has 0 unspecified atom stereocenters. The number of carbonyl (C=O) groups is 1. The molecule has 5 nitrogen and oxygen atoms in total. The summed E-state index contributed by atoms with van der Waals surface area (Å²) < 4.78 is 5.61. The zero-order valence-electron chi connectivity index (χ0n) is 10.7. The Balaban J connectivity index is 1.68. The number of nitrogens with zero attached hydrogens (tertiary/aromatic N) is 2. The number of benzene rings is 1. The third-order valence-electron chi connectivity index (χ3n) is 2.99. The van der Waals surface area contributed by atoms with Crippen molar-refractivity contribution in [3.8, 4) is 5.75 Å². The Morgan fingerprint density at radius 3 is 3.15 bits per heavy atom. The van der Waals surface area contributed by atoms with E-state index in [1.807, 2.05) is 13.0 Å². The molecule has 1 aromatic carbocycles. The molecule has 0 fully saturated rings. The summed E-state index contributed by atoms with van der Waals surface area (Å²) in [4.78, 5) is 12.1. The fourth-order valence-corrected chi connectivity index (χ4v) is 2.87. The van der Waals surface area contributed by atoms with Gasteiger partial charge in [0.2, 0.25) is 5.13 Å². The van der Waals surface area contributed by atoms with Gasteiger partial charge >= 0.3 is 0 Å². The molecule has 0 radical (unpaired) electrons. The molecule has 1 atom stereocenters. The summed E-state index contributed by atoms with van der Waals surface area (Å²) in [6, 6.07) is 5.36. The average molecular weight is 310 g/mol. The number of halogens is 1. The molecule has 0 spiro atoms. The maximum Gasteiger partial charge on any atom is 0.267 e. The first-order valence-electron chi connectivity index (χ1n) is 6.24. The minimum atomic E-state index is -0.544. The van der Waals surface area contributed by atoms with Crippen molar-refractivity contribution in [1.29, 1.82) is 0 Å². The SMILES string of the molecule is CCc1nnc(NC(=O)[C@H]2Cc3cc(Cl)ccc3O2)s1. The molecule has 0 aliphatic carbocycles. The van der Waals surface area contributed by atoms with Gasteiger partial charge in [-0.2, -0.15) is 0 Å². The zero-order chi connectivity index (χ0) is 14.1. The van der Waals surface area contributed by atoms with Gasteiger partial charge in [-0.05, 0) is 30.2 Å². The van der Waals surface area contributed by atoms with Gasteiger partial charge in [-0.1, -0.05) is 29.9 Å². The van der Waals surface area contributed by atoms with E-state index in [-0.39, 0.29) is 5.91 Å². The second kappa shape index (κ2) is 5.38. The van der Waals surface area contributed by atoms with Crippen LogP contribution in [0.25, 0.3) is 0 Å². The lowest BCUT2D eigenvalue weighted by molar-refractivity contribution is -0.122. The standard InChI is InChI=1S/C13H12ClN3O2S/c1-2-11-16-17-13(20-11)15-12(18)10-6-7-5-8(14)3-4-9(7)19-10/h3-5,10H,2,6H2,1H3,(H,15,17,18)/t10-/m1/s1. The molecule has 1 N–H and O–H groups in total. The Kier molecular flexibility index (Phi) is 3.58. The Hall–Kier alpha value is -1.66. The highest BCUT2D eigenvalue weighted by Crippen LogP contribution is 2.31. The van der Waals surface area contributed by atoms with Crippen molar-refractivity contribution in [2.24, 2.45) is 0 Å². The number of ether oxygens (including phenoxy) is 1. The quantitative estimate of drug-likeness (QED) is 0.947. The summed E-state index contributed by atoms with van der Waals surface area (Å²) in [5.41, 5.74) is 0.948. The number of aryl methyl sites for hydroxylation is 1. The molecule has 2 heterocycles. The normalized spacial score (nSPS) is 16.6. The molecule has 3 rings (SSSR count). The Morgan fingerprint density at radius 1 is 1.55 bits per heavy atom. The molecular weight excluding hydrogens is 298 g/mol. The van der Waals surface area contributed by atoms with E-state index in [0.717, 1.165) is 17.0 Å². The van der Waals surface area contributed by atoms with Gasteiger partial charge in [-0.15, -0.1) is 10.2 Å². The van der Waals surface area contributed by atoms with Crippen LogP contribution in [0.2, 0.25) is 5.02 Å². The van der Waals surface area contributed by atoms with Crippen molar-refractivity contribution in [3.63, 3.8) is 0 Å². The largest absolute Gasteiger partial charge is 0.480 e. The number of hydrogen-bond donors (Lipinski definition) is 1. The average Bonchev–Trinajstić information content (AvgIpc) is 3.04. The van der Waals surface area contributed by atoms with E-state index >= 15 is 0 Å². The van der Waals surface area contributed by atoms with Crippen molar-refractivity contribution in [3.05, 3.63) is 33.8 Å². The maximum atomic E-state index is 12.1. The molecular formula is C13H12ClN3O2S. The predicted molar refractivity (Wildman–Crippen MR) is 77.5 cm³/mol. The monoisotopic (exact) mass is 309 g/mol. The molecule has 104 valence electrons. The van der Waals surface area contributed by atoms with Crippen LogP contribution in [-0.2, 0) is 17.6 Å². The molecule has 20 heavy (non-hydrogen) atoms. The van der Waals surface area contributed by atoms with Gasteiger partial charge in [0.25, 0.3) is 5.91 Å². The Labute approximate surface area is 124 Å².